The van der Waals surface area contributed by atoms with Crippen LogP contribution in [0, 0.1) is 17.3 Å². The normalized spacial score (nSPS) is 36.0. The zero-order valence-electron chi connectivity index (χ0n) is 15.7. The zero-order valence-corrected chi connectivity index (χ0v) is 15.7. The summed E-state index contributed by atoms with van der Waals surface area (Å²) in [6.45, 7) is 3.73. The van der Waals surface area contributed by atoms with E-state index in [-0.39, 0.29) is 11.8 Å². The van der Waals surface area contributed by atoms with Crippen LogP contribution in [0.3, 0.4) is 0 Å². The maximum atomic E-state index is 13.0. The highest BCUT2D eigenvalue weighted by atomic mass is 16.5. The molecule has 140 valence electrons. The summed E-state index contributed by atoms with van der Waals surface area (Å²) in [6.07, 6.45) is 4.99. The quantitative estimate of drug-likeness (QED) is 0.645. The van der Waals surface area contributed by atoms with E-state index in [1.807, 2.05) is 12.1 Å². The highest BCUT2D eigenvalue weighted by molar-refractivity contribution is 6.00. The van der Waals surface area contributed by atoms with Gasteiger partial charge in [-0.05, 0) is 69.3 Å². The zero-order chi connectivity index (χ0) is 18.5. The van der Waals surface area contributed by atoms with E-state index >= 15 is 0 Å². The van der Waals surface area contributed by atoms with Crippen molar-refractivity contribution in [2.45, 2.75) is 70.5 Å². The summed E-state index contributed by atoms with van der Waals surface area (Å²) in [5.74, 6) is 0.392. The number of ether oxygens (including phenoxy) is 1. The minimum Gasteiger partial charge on any atom is -0.454 e. The predicted molar refractivity (Wildman–Crippen MR) is 97.8 cm³/mol. The Balaban J connectivity index is 1.46. The average Bonchev–Trinajstić information content (AvgIpc) is 2.59. The number of rotatable bonds is 5. The van der Waals surface area contributed by atoms with E-state index < -0.39 is 17.1 Å². The van der Waals surface area contributed by atoms with Crippen LogP contribution in [0.2, 0.25) is 0 Å². The number of hydrogen-bond donors (Lipinski definition) is 1. The first-order valence-corrected chi connectivity index (χ1v) is 9.89. The van der Waals surface area contributed by atoms with E-state index in [2.05, 4.69) is 6.92 Å². The minimum atomic E-state index is -0.794. The van der Waals surface area contributed by atoms with Gasteiger partial charge in [0.25, 0.3) is 0 Å². The third-order valence-electron chi connectivity index (χ3n) is 6.76. The van der Waals surface area contributed by atoms with Crippen LogP contribution >= 0.6 is 0 Å². The van der Waals surface area contributed by atoms with Crippen molar-refractivity contribution in [2.75, 3.05) is 0 Å². The Labute approximate surface area is 154 Å². The topological polar surface area (TPSA) is 63.6 Å². The molecule has 4 aliphatic carbocycles. The van der Waals surface area contributed by atoms with Crippen LogP contribution in [0.1, 0.15) is 68.3 Å². The monoisotopic (exact) mass is 356 g/mol. The van der Waals surface area contributed by atoms with Crippen LogP contribution in [0.5, 0.6) is 0 Å². The largest absolute Gasteiger partial charge is 0.454 e. The number of aliphatic hydroxyl groups is 1. The van der Waals surface area contributed by atoms with E-state index in [9.17, 15) is 14.7 Å². The van der Waals surface area contributed by atoms with Crippen LogP contribution in [0.4, 0.5) is 0 Å². The third kappa shape index (κ3) is 2.98. The first kappa shape index (κ1) is 17.7. The van der Waals surface area contributed by atoms with Crippen LogP contribution in [-0.4, -0.2) is 28.6 Å². The van der Waals surface area contributed by atoms with Crippen LogP contribution < -0.4 is 0 Å². The van der Waals surface area contributed by atoms with Gasteiger partial charge in [0.2, 0.25) is 5.78 Å². The van der Waals surface area contributed by atoms with Crippen molar-refractivity contribution in [1.82, 2.24) is 0 Å². The summed E-state index contributed by atoms with van der Waals surface area (Å²) in [7, 11) is 0. The standard InChI is InChI=1S/C22H28O4/c1-3-15-4-6-18(7-5-15)19(23)14(2)26-20(24)21-9-16-8-17(10-21)12-22(25,11-16)13-21/h4-7,14,16-17,25H,3,8-13H2,1-2H3/t14-,16-,17-,21?,22?/m1/s1. The highest BCUT2D eigenvalue weighted by Crippen LogP contribution is 2.62. The molecule has 4 bridgehead atoms. The van der Waals surface area contributed by atoms with E-state index in [1.165, 1.54) is 5.56 Å². The smallest absolute Gasteiger partial charge is 0.312 e. The molecule has 4 nitrogen and oxygen atoms in total. The lowest BCUT2D eigenvalue weighted by molar-refractivity contribution is -0.197. The van der Waals surface area contributed by atoms with Crippen LogP contribution in [0.25, 0.3) is 0 Å². The summed E-state index contributed by atoms with van der Waals surface area (Å²) in [6, 6.07) is 7.49. The number of ketones is 1. The first-order chi connectivity index (χ1) is 12.3. The second kappa shape index (κ2) is 6.19. The molecule has 1 aromatic carbocycles. The Morgan fingerprint density at radius 2 is 1.77 bits per heavy atom. The van der Waals surface area contributed by atoms with Gasteiger partial charge in [-0.15, -0.1) is 0 Å². The van der Waals surface area contributed by atoms with E-state index in [0.717, 1.165) is 38.5 Å². The molecule has 0 heterocycles. The van der Waals surface area contributed by atoms with Gasteiger partial charge in [0, 0.05) is 5.56 Å². The Kier molecular flexibility index (Phi) is 4.22. The Morgan fingerprint density at radius 1 is 1.15 bits per heavy atom. The van der Waals surface area contributed by atoms with Gasteiger partial charge in [0.1, 0.15) is 0 Å². The number of carbonyl (C=O) groups excluding carboxylic acids is 2. The number of benzene rings is 1. The summed E-state index contributed by atoms with van der Waals surface area (Å²) < 4.78 is 5.65. The van der Waals surface area contributed by atoms with E-state index in [1.54, 1.807) is 19.1 Å². The lowest BCUT2D eigenvalue weighted by atomic mass is 9.48. The van der Waals surface area contributed by atoms with Gasteiger partial charge >= 0.3 is 5.97 Å². The maximum Gasteiger partial charge on any atom is 0.312 e. The summed E-state index contributed by atoms with van der Waals surface area (Å²) in [5, 5.41) is 10.8. The fourth-order valence-electron chi connectivity index (χ4n) is 5.93. The van der Waals surface area contributed by atoms with Crippen molar-refractivity contribution < 1.29 is 19.4 Å². The van der Waals surface area contributed by atoms with Crippen molar-refractivity contribution in [3.63, 3.8) is 0 Å². The molecule has 0 unspecified atom stereocenters. The fraction of sp³-hybridized carbons (Fsp3) is 0.636. The van der Waals surface area contributed by atoms with Crippen molar-refractivity contribution in [3.8, 4) is 0 Å². The van der Waals surface area contributed by atoms with Gasteiger partial charge in [0.05, 0.1) is 11.0 Å². The molecule has 4 fully saturated rings. The van der Waals surface area contributed by atoms with Crippen molar-refractivity contribution in [1.29, 1.82) is 0 Å². The second-order valence-corrected chi connectivity index (χ2v) is 8.93. The lowest BCUT2D eigenvalue weighted by Crippen LogP contribution is -2.58. The molecule has 0 spiro atoms. The molecule has 0 aliphatic heterocycles. The van der Waals surface area contributed by atoms with Gasteiger partial charge in [-0.25, -0.2) is 0 Å². The van der Waals surface area contributed by atoms with Crippen molar-refractivity contribution >= 4 is 11.8 Å². The molecule has 0 aromatic heterocycles. The molecule has 0 saturated heterocycles. The molecule has 0 amide bonds. The molecule has 4 aliphatic rings. The van der Waals surface area contributed by atoms with Crippen molar-refractivity contribution in [2.24, 2.45) is 17.3 Å². The number of Topliss-reactive ketones (excluding diaryl/α,β-unsaturated/α-hetero) is 1. The Hall–Kier alpha value is -1.68. The van der Waals surface area contributed by atoms with Gasteiger partial charge in [-0.1, -0.05) is 31.2 Å². The summed E-state index contributed by atoms with van der Waals surface area (Å²) >= 11 is 0. The van der Waals surface area contributed by atoms with E-state index in [0.29, 0.717) is 23.8 Å². The van der Waals surface area contributed by atoms with Crippen LogP contribution in [-0.2, 0) is 16.0 Å². The SMILES string of the molecule is CCc1ccc(C(=O)[C@@H](C)OC(=O)C23C[C@H]4C[C@@H](CC(O)(C4)C2)C3)cc1. The molecular formula is C22H28O4. The number of aryl methyl sites for hydroxylation is 1. The lowest BCUT2D eigenvalue weighted by Gasteiger charge is -2.58. The Bertz CT molecular complexity index is 706. The third-order valence-corrected chi connectivity index (χ3v) is 6.76. The molecular weight excluding hydrogens is 328 g/mol. The fourth-order valence-corrected chi connectivity index (χ4v) is 5.93. The molecule has 26 heavy (non-hydrogen) atoms. The maximum absolute atomic E-state index is 13.0. The Morgan fingerprint density at radius 3 is 2.31 bits per heavy atom. The second-order valence-electron chi connectivity index (χ2n) is 8.93. The van der Waals surface area contributed by atoms with Gasteiger partial charge in [-0.2, -0.15) is 0 Å². The van der Waals surface area contributed by atoms with Crippen molar-refractivity contribution in [3.05, 3.63) is 35.4 Å². The minimum absolute atomic E-state index is 0.163. The molecule has 5 rings (SSSR count). The molecule has 1 N–H and O–H groups in total. The number of hydrogen-bond acceptors (Lipinski definition) is 4. The summed E-state index contributed by atoms with van der Waals surface area (Å²) in [4.78, 5) is 25.6. The average molecular weight is 356 g/mol. The molecule has 0 radical (unpaired) electrons. The number of carbonyl (C=O) groups is 2. The van der Waals surface area contributed by atoms with Gasteiger partial charge < -0.3 is 9.84 Å². The van der Waals surface area contributed by atoms with Crippen LogP contribution in [0.15, 0.2) is 24.3 Å². The number of esters is 1. The highest BCUT2D eigenvalue weighted by Gasteiger charge is 2.61. The van der Waals surface area contributed by atoms with E-state index in [4.69, 9.17) is 4.74 Å². The molecule has 4 heteroatoms. The summed E-state index contributed by atoms with van der Waals surface area (Å²) in [5.41, 5.74) is 0.464. The molecule has 4 saturated carbocycles. The first-order valence-electron chi connectivity index (χ1n) is 9.89. The van der Waals surface area contributed by atoms with Gasteiger partial charge in [-0.3, -0.25) is 9.59 Å². The predicted octanol–water partition coefficient (Wildman–Crippen LogP) is 3.69. The van der Waals surface area contributed by atoms with Gasteiger partial charge in [0.15, 0.2) is 6.10 Å². The molecule has 1 aromatic rings. The molecule has 3 atom stereocenters.